The number of fused-ring (bicyclic) bond motifs is 1. The van der Waals surface area contributed by atoms with Crippen molar-refractivity contribution in [2.75, 3.05) is 26.8 Å². The maximum absolute atomic E-state index is 12.8. The van der Waals surface area contributed by atoms with Crippen molar-refractivity contribution in [3.05, 3.63) is 52.7 Å². The SMILES string of the molecule is CC(C)c1cc(-c2onc(C(=O)NCCF)c2-c2ccc3c(c2)CCN(C)C3)c(O)cc1O. The molecule has 0 unspecified atom stereocenters. The van der Waals surface area contributed by atoms with Crippen LogP contribution in [-0.2, 0) is 13.0 Å². The molecule has 4 rings (SSSR count). The first-order valence-electron chi connectivity index (χ1n) is 11.0. The molecule has 8 heteroatoms. The number of likely N-dealkylation sites (N-methyl/N-ethyl adjacent to an activating group) is 1. The van der Waals surface area contributed by atoms with Crippen molar-refractivity contribution in [2.45, 2.75) is 32.7 Å². The van der Waals surface area contributed by atoms with Gasteiger partial charge in [-0.15, -0.1) is 0 Å². The molecule has 0 saturated carbocycles. The van der Waals surface area contributed by atoms with Gasteiger partial charge in [0.25, 0.3) is 5.91 Å². The summed E-state index contributed by atoms with van der Waals surface area (Å²) < 4.78 is 18.3. The molecule has 0 bridgehead atoms. The fraction of sp³-hybridized carbons (Fsp3) is 0.360. The molecular weight excluding hydrogens is 425 g/mol. The second-order valence-electron chi connectivity index (χ2n) is 8.73. The summed E-state index contributed by atoms with van der Waals surface area (Å²) in [6, 6.07) is 8.86. The maximum atomic E-state index is 12.8. The number of rotatable bonds is 6. The van der Waals surface area contributed by atoms with E-state index in [1.165, 1.54) is 17.2 Å². The van der Waals surface area contributed by atoms with Crippen LogP contribution in [0.25, 0.3) is 22.5 Å². The van der Waals surface area contributed by atoms with Crippen molar-refractivity contribution >= 4 is 5.91 Å². The van der Waals surface area contributed by atoms with Crippen LogP contribution in [0.1, 0.15) is 46.9 Å². The Morgan fingerprint density at radius 3 is 2.73 bits per heavy atom. The van der Waals surface area contributed by atoms with Gasteiger partial charge in [0.05, 0.1) is 11.1 Å². The number of carbonyl (C=O) groups excluding carboxylic acids is 1. The van der Waals surface area contributed by atoms with Gasteiger partial charge in [-0.3, -0.25) is 4.79 Å². The van der Waals surface area contributed by atoms with E-state index in [0.717, 1.165) is 25.1 Å². The summed E-state index contributed by atoms with van der Waals surface area (Å²) >= 11 is 0. The molecule has 0 saturated heterocycles. The Hall–Kier alpha value is -3.39. The van der Waals surface area contributed by atoms with Gasteiger partial charge in [-0.05, 0) is 47.7 Å². The molecule has 1 aliphatic heterocycles. The van der Waals surface area contributed by atoms with Gasteiger partial charge in [0, 0.05) is 25.7 Å². The lowest BCUT2D eigenvalue weighted by atomic mass is 9.91. The average molecular weight is 454 g/mol. The largest absolute Gasteiger partial charge is 0.508 e. The van der Waals surface area contributed by atoms with E-state index in [4.69, 9.17) is 4.52 Å². The Morgan fingerprint density at radius 1 is 1.21 bits per heavy atom. The molecule has 0 fully saturated rings. The number of amides is 1. The second kappa shape index (κ2) is 9.23. The Balaban J connectivity index is 1.89. The number of hydrogen-bond acceptors (Lipinski definition) is 6. The van der Waals surface area contributed by atoms with Crippen LogP contribution in [0.5, 0.6) is 11.5 Å². The highest BCUT2D eigenvalue weighted by molar-refractivity contribution is 6.02. The van der Waals surface area contributed by atoms with Crippen molar-refractivity contribution in [2.24, 2.45) is 0 Å². The Labute approximate surface area is 191 Å². The van der Waals surface area contributed by atoms with Gasteiger partial charge in [-0.1, -0.05) is 37.2 Å². The van der Waals surface area contributed by atoms with Crippen LogP contribution in [-0.4, -0.2) is 53.0 Å². The molecule has 7 nitrogen and oxygen atoms in total. The lowest BCUT2D eigenvalue weighted by Crippen LogP contribution is -2.27. The smallest absolute Gasteiger partial charge is 0.274 e. The summed E-state index contributed by atoms with van der Waals surface area (Å²) in [4.78, 5) is 15.0. The lowest BCUT2D eigenvalue weighted by molar-refractivity contribution is 0.0942. The Morgan fingerprint density at radius 2 is 2.00 bits per heavy atom. The third kappa shape index (κ3) is 4.43. The van der Waals surface area contributed by atoms with Crippen molar-refractivity contribution in [1.82, 2.24) is 15.4 Å². The number of alkyl halides is 1. The average Bonchev–Trinajstić information content (AvgIpc) is 3.21. The first-order chi connectivity index (χ1) is 15.8. The minimum Gasteiger partial charge on any atom is -0.508 e. The third-order valence-electron chi connectivity index (χ3n) is 6.00. The highest BCUT2D eigenvalue weighted by atomic mass is 19.1. The third-order valence-corrected chi connectivity index (χ3v) is 6.00. The molecule has 174 valence electrons. The molecule has 1 aliphatic rings. The van der Waals surface area contributed by atoms with E-state index >= 15 is 0 Å². The number of aromatic nitrogens is 1. The van der Waals surface area contributed by atoms with Gasteiger partial charge in [-0.2, -0.15) is 0 Å². The van der Waals surface area contributed by atoms with Crippen molar-refractivity contribution in [1.29, 1.82) is 0 Å². The maximum Gasteiger partial charge on any atom is 0.274 e. The first-order valence-corrected chi connectivity index (χ1v) is 11.0. The zero-order chi connectivity index (χ0) is 23.7. The van der Waals surface area contributed by atoms with E-state index in [-0.39, 0.29) is 35.4 Å². The van der Waals surface area contributed by atoms with Crippen LogP contribution in [0.15, 0.2) is 34.9 Å². The van der Waals surface area contributed by atoms with Gasteiger partial charge >= 0.3 is 0 Å². The van der Waals surface area contributed by atoms with E-state index in [0.29, 0.717) is 16.7 Å². The number of phenolic OH excluding ortho intramolecular Hbond substituents is 2. The highest BCUT2D eigenvalue weighted by Gasteiger charge is 2.28. The summed E-state index contributed by atoms with van der Waals surface area (Å²) in [7, 11) is 2.07. The molecule has 2 aromatic carbocycles. The molecule has 1 aromatic heterocycles. The van der Waals surface area contributed by atoms with Crippen LogP contribution < -0.4 is 5.32 Å². The summed E-state index contributed by atoms with van der Waals surface area (Å²) in [6.45, 7) is 4.77. The van der Waals surface area contributed by atoms with Gasteiger partial charge in [-0.25, -0.2) is 4.39 Å². The zero-order valence-electron chi connectivity index (χ0n) is 19.0. The molecule has 0 radical (unpaired) electrons. The number of benzene rings is 2. The fourth-order valence-electron chi connectivity index (χ4n) is 4.23. The minimum atomic E-state index is -0.700. The summed E-state index contributed by atoms with van der Waals surface area (Å²) in [6.07, 6.45) is 0.867. The standard InChI is InChI=1S/C25H28FN3O4/c1-14(2)18-11-19(21(31)12-20(18)30)24-22(23(28-33-24)25(32)27-8-7-26)16-4-5-17-13-29(3)9-6-15(17)10-16/h4-5,10-12,14,30-31H,6-9,13H2,1-3H3,(H,27,32). The Kier molecular flexibility index (Phi) is 6.37. The van der Waals surface area contributed by atoms with Gasteiger partial charge in [0.2, 0.25) is 0 Å². The number of carbonyl (C=O) groups is 1. The quantitative estimate of drug-likeness (QED) is 0.517. The van der Waals surface area contributed by atoms with E-state index < -0.39 is 12.6 Å². The van der Waals surface area contributed by atoms with Gasteiger partial charge < -0.3 is 25.0 Å². The van der Waals surface area contributed by atoms with E-state index in [1.54, 1.807) is 6.07 Å². The topological polar surface area (TPSA) is 98.8 Å². The molecule has 0 atom stereocenters. The molecule has 3 N–H and O–H groups in total. The minimum absolute atomic E-state index is 0.0104. The van der Waals surface area contributed by atoms with E-state index in [9.17, 15) is 19.4 Å². The first kappa shape index (κ1) is 22.8. The number of phenols is 2. The van der Waals surface area contributed by atoms with E-state index in [1.807, 2.05) is 32.0 Å². The molecule has 0 spiro atoms. The molecule has 0 aliphatic carbocycles. The molecular formula is C25H28FN3O4. The predicted molar refractivity (Wildman–Crippen MR) is 123 cm³/mol. The van der Waals surface area contributed by atoms with Crippen molar-refractivity contribution < 1.29 is 23.9 Å². The second-order valence-corrected chi connectivity index (χ2v) is 8.73. The molecule has 1 amide bonds. The fourth-order valence-corrected chi connectivity index (χ4v) is 4.23. The van der Waals surface area contributed by atoms with Crippen LogP contribution in [0, 0.1) is 0 Å². The van der Waals surface area contributed by atoms with E-state index in [2.05, 4.69) is 22.4 Å². The number of halogens is 1. The zero-order valence-corrected chi connectivity index (χ0v) is 19.0. The van der Waals surface area contributed by atoms with Crippen LogP contribution in [0.2, 0.25) is 0 Å². The number of aromatic hydroxyl groups is 2. The summed E-state index contributed by atoms with van der Waals surface area (Å²) in [5, 5.41) is 27.4. The lowest BCUT2D eigenvalue weighted by Gasteiger charge is -2.25. The van der Waals surface area contributed by atoms with Crippen LogP contribution in [0.4, 0.5) is 4.39 Å². The van der Waals surface area contributed by atoms with Gasteiger partial charge in [0.1, 0.15) is 18.2 Å². The predicted octanol–water partition coefficient (Wildman–Crippen LogP) is 4.23. The molecule has 2 heterocycles. The van der Waals surface area contributed by atoms with Crippen LogP contribution >= 0.6 is 0 Å². The molecule has 33 heavy (non-hydrogen) atoms. The number of nitrogens with zero attached hydrogens (tertiary/aromatic N) is 2. The monoisotopic (exact) mass is 453 g/mol. The molecule has 3 aromatic rings. The normalized spacial score (nSPS) is 13.8. The number of hydrogen-bond donors (Lipinski definition) is 3. The Bertz CT molecular complexity index is 1190. The van der Waals surface area contributed by atoms with Crippen molar-refractivity contribution in [3.8, 4) is 33.9 Å². The highest BCUT2D eigenvalue weighted by Crippen LogP contribution is 2.43. The summed E-state index contributed by atoms with van der Waals surface area (Å²) in [5.74, 6) is -0.565. The summed E-state index contributed by atoms with van der Waals surface area (Å²) in [5.41, 5.74) is 4.49. The van der Waals surface area contributed by atoms with Gasteiger partial charge in [0.15, 0.2) is 11.5 Å². The van der Waals surface area contributed by atoms with Crippen molar-refractivity contribution in [3.63, 3.8) is 0 Å². The number of nitrogens with one attached hydrogen (secondary N) is 1. The van der Waals surface area contributed by atoms with Crippen LogP contribution in [0.3, 0.4) is 0 Å².